The van der Waals surface area contributed by atoms with Crippen molar-refractivity contribution in [2.45, 2.75) is 71.0 Å². The van der Waals surface area contributed by atoms with Gasteiger partial charge in [0, 0.05) is 12.6 Å². The number of amides is 2. The molecule has 202 valence electrons. The molecule has 0 heterocycles. The van der Waals surface area contributed by atoms with Gasteiger partial charge in [-0.15, -0.1) is 0 Å². The van der Waals surface area contributed by atoms with Crippen LogP contribution in [0.3, 0.4) is 0 Å². The van der Waals surface area contributed by atoms with Crippen LogP contribution in [0.15, 0.2) is 48.5 Å². The zero-order valence-electron chi connectivity index (χ0n) is 22.3. The van der Waals surface area contributed by atoms with Crippen molar-refractivity contribution in [3.8, 4) is 5.75 Å². The summed E-state index contributed by atoms with van der Waals surface area (Å²) in [5.41, 5.74) is 2.29. The molecule has 1 aliphatic carbocycles. The number of carbonyl (C=O) groups is 2. The molecule has 2 aromatic carbocycles. The first-order chi connectivity index (χ1) is 17.6. The van der Waals surface area contributed by atoms with Gasteiger partial charge in [-0.25, -0.2) is 8.42 Å². The zero-order valence-corrected chi connectivity index (χ0v) is 23.1. The highest BCUT2D eigenvalue weighted by molar-refractivity contribution is 7.92. The van der Waals surface area contributed by atoms with Gasteiger partial charge in [0.05, 0.1) is 19.1 Å². The largest absolute Gasteiger partial charge is 0.497 e. The van der Waals surface area contributed by atoms with Crippen LogP contribution in [0, 0.1) is 0 Å². The molecule has 1 saturated carbocycles. The average Bonchev–Trinajstić information content (AvgIpc) is 2.90. The summed E-state index contributed by atoms with van der Waals surface area (Å²) in [5.74, 6) is 0.00238. The third-order valence-corrected chi connectivity index (χ3v) is 8.08. The van der Waals surface area contributed by atoms with Crippen LogP contribution in [-0.4, -0.2) is 57.1 Å². The number of aryl methyl sites for hydroxylation is 1. The Morgan fingerprint density at radius 3 is 2.14 bits per heavy atom. The molecule has 3 rings (SSSR count). The number of anilines is 1. The quantitative estimate of drug-likeness (QED) is 0.477. The fourth-order valence-corrected chi connectivity index (χ4v) is 5.44. The van der Waals surface area contributed by atoms with Crippen LogP contribution in [-0.2, 0) is 32.6 Å². The number of benzene rings is 2. The maximum Gasteiger partial charge on any atom is 0.244 e. The standard InChI is InChI=1S/C28H39N3O5S/c1-5-22-11-15-25(16-12-22)31(37(4,34)35)20-27(32)30(19-23-13-17-26(36-3)18-14-23)21(2)28(33)29-24-9-7-6-8-10-24/h11-18,21,24H,5-10,19-20H2,1-4H3,(H,29,33)/t21-/m0/s1. The summed E-state index contributed by atoms with van der Waals surface area (Å²) in [6.45, 7) is 3.47. The molecule has 1 fully saturated rings. The van der Waals surface area contributed by atoms with E-state index in [0.717, 1.165) is 53.8 Å². The highest BCUT2D eigenvalue weighted by Crippen LogP contribution is 2.22. The minimum absolute atomic E-state index is 0.103. The lowest BCUT2D eigenvalue weighted by molar-refractivity contribution is -0.139. The van der Waals surface area contributed by atoms with E-state index >= 15 is 0 Å². The van der Waals surface area contributed by atoms with Crippen molar-refractivity contribution in [1.82, 2.24) is 10.2 Å². The van der Waals surface area contributed by atoms with Crippen molar-refractivity contribution in [3.63, 3.8) is 0 Å². The Bertz CT molecular complexity index is 1140. The first kappa shape index (κ1) is 28.5. The number of sulfonamides is 1. The Morgan fingerprint density at radius 2 is 1.59 bits per heavy atom. The second kappa shape index (κ2) is 12.9. The minimum Gasteiger partial charge on any atom is -0.497 e. The Kier molecular flexibility index (Phi) is 9.97. The predicted octanol–water partition coefficient (Wildman–Crippen LogP) is 3.89. The molecular formula is C28H39N3O5S. The van der Waals surface area contributed by atoms with Crippen LogP contribution in [0.1, 0.15) is 57.1 Å². The molecule has 0 radical (unpaired) electrons. The third kappa shape index (κ3) is 7.95. The fraction of sp³-hybridized carbons (Fsp3) is 0.500. The van der Waals surface area contributed by atoms with E-state index in [1.165, 1.54) is 11.3 Å². The summed E-state index contributed by atoms with van der Waals surface area (Å²) in [5, 5.41) is 3.10. The van der Waals surface area contributed by atoms with Gasteiger partial charge < -0.3 is 15.0 Å². The molecule has 9 heteroatoms. The number of hydrogen-bond donors (Lipinski definition) is 1. The first-order valence-corrected chi connectivity index (χ1v) is 14.8. The molecule has 1 aliphatic rings. The summed E-state index contributed by atoms with van der Waals surface area (Å²) in [4.78, 5) is 28.3. The number of methoxy groups -OCH3 is 1. The highest BCUT2D eigenvalue weighted by atomic mass is 32.2. The second-order valence-corrected chi connectivity index (χ2v) is 11.6. The maximum absolute atomic E-state index is 13.7. The van der Waals surface area contributed by atoms with Crippen LogP contribution in [0.5, 0.6) is 5.75 Å². The summed E-state index contributed by atoms with van der Waals surface area (Å²) in [6.07, 6.45) is 7.09. The zero-order chi connectivity index (χ0) is 27.0. The van der Waals surface area contributed by atoms with Crippen molar-refractivity contribution in [2.75, 3.05) is 24.2 Å². The van der Waals surface area contributed by atoms with E-state index in [1.54, 1.807) is 38.3 Å². The van der Waals surface area contributed by atoms with Gasteiger partial charge in [-0.3, -0.25) is 13.9 Å². The third-order valence-electron chi connectivity index (χ3n) is 6.94. The van der Waals surface area contributed by atoms with E-state index in [2.05, 4.69) is 5.32 Å². The van der Waals surface area contributed by atoms with Crippen molar-refractivity contribution in [1.29, 1.82) is 0 Å². The molecule has 2 amide bonds. The SMILES string of the molecule is CCc1ccc(N(CC(=O)N(Cc2ccc(OC)cc2)[C@@H](C)C(=O)NC2CCCCC2)S(C)(=O)=O)cc1. The van der Waals surface area contributed by atoms with E-state index in [9.17, 15) is 18.0 Å². The molecule has 0 spiro atoms. The van der Waals surface area contributed by atoms with Crippen molar-refractivity contribution < 1.29 is 22.7 Å². The molecule has 2 aromatic rings. The molecule has 0 saturated heterocycles. The molecule has 8 nitrogen and oxygen atoms in total. The number of nitrogens with zero attached hydrogens (tertiary/aromatic N) is 2. The number of nitrogens with one attached hydrogen (secondary N) is 1. The van der Waals surface area contributed by atoms with Crippen molar-refractivity contribution in [3.05, 3.63) is 59.7 Å². The number of carbonyl (C=O) groups excluding carboxylic acids is 2. The molecule has 0 unspecified atom stereocenters. The molecule has 37 heavy (non-hydrogen) atoms. The molecule has 1 N–H and O–H groups in total. The smallest absolute Gasteiger partial charge is 0.244 e. The number of ether oxygens (including phenoxy) is 1. The average molecular weight is 530 g/mol. The Hall–Kier alpha value is -3.07. The van der Waals surface area contributed by atoms with Gasteiger partial charge in [-0.1, -0.05) is 50.5 Å². The van der Waals surface area contributed by atoms with Crippen molar-refractivity contribution in [2.24, 2.45) is 0 Å². The summed E-state index contributed by atoms with van der Waals surface area (Å²) in [6, 6.07) is 13.7. The van der Waals surface area contributed by atoms with Gasteiger partial charge in [0.25, 0.3) is 0 Å². The van der Waals surface area contributed by atoms with Gasteiger partial charge in [-0.05, 0) is 61.6 Å². The van der Waals surface area contributed by atoms with Crippen LogP contribution in [0.25, 0.3) is 0 Å². The molecule has 0 aromatic heterocycles. The lowest BCUT2D eigenvalue weighted by Crippen LogP contribution is -2.52. The maximum atomic E-state index is 13.7. The van der Waals surface area contributed by atoms with Crippen LogP contribution >= 0.6 is 0 Å². The van der Waals surface area contributed by atoms with Gasteiger partial charge in [0.2, 0.25) is 21.8 Å². The van der Waals surface area contributed by atoms with E-state index in [-0.39, 0.29) is 18.5 Å². The number of hydrogen-bond acceptors (Lipinski definition) is 5. The summed E-state index contributed by atoms with van der Waals surface area (Å²) >= 11 is 0. The molecule has 1 atom stereocenters. The summed E-state index contributed by atoms with van der Waals surface area (Å²) < 4.78 is 31.7. The van der Waals surface area contributed by atoms with E-state index in [4.69, 9.17) is 4.74 Å². The molecule has 0 bridgehead atoms. The fourth-order valence-electron chi connectivity index (χ4n) is 4.59. The second-order valence-electron chi connectivity index (χ2n) is 9.68. The Labute approximate surface area is 221 Å². The minimum atomic E-state index is -3.75. The number of rotatable bonds is 11. The van der Waals surface area contributed by atoms with Crippen LogP contribution in [0.2, 0.25) is 0 Å². The predicted molar refractivity (Wildman–Crippen MR) is 146 cm³/mol. The van der Waals surface area contributed by atoms with Gasteiger partial charge in [0.1, 0.15) is 18.3 Å². The van der Waals surface area contributed by atoms with E-state index < -0.39 is 28.5 Å². The monoisotopic (exact) mass is 529 g/mol. The van der Waals surface area contributed by atoms with Crippen molar-refractivity contribution >= 4 is 27.5 Å². The van der Waals surface area contributed by atoms with Gasteiger partial charge in [-0.2, -0.15) is 0 Å². The van der Waals surface area contributed by atoms with Crippen LogP contribution < -0.4 is 14.4 Å². The Morgan fingerprint density at radius 1 is 1.00 bits per heavy atom. The summed E-state index contributed by atoms with van der Waals surface area (Å²) in [7, 11) is -2.17. The lowest BCUT2D eigenvalue weighted by Gasteiger charge is -2.33. The highest BCUT2D eigenvalue weighted by Gasteiger charge is 2.31. The molecular weight excluding hydrogens is 490 g/mol. The van der Waals surface area contributed by atoms with E-state index in [1.807, 2.05) is 31.2 Å². The van der Waals surface area contributed by atoms with Gasteiger partial charge in [0.15, 0.2) is 0 Å². The van der Waals surface area contributed by atoms with Gasteiger partial charge >= 0.3 is 0 Å². The molecule has 0 aliphatic heterocycles. The van der Waals surface area contributed by atoms with E-state index in [0.29, 0.717) is 11.4 Å². The Balaban J connectivity index is 1.86. The normalized spacial score (nSPS) is 15.0. The van der Waals surface area contributed by atoms with Crippen LogP contribution in [0.4, 0.5) is 5.69 Å². The first-order valence-electron chi connectivity index (χ1n) is 12.9. The lowest BCUT2D eigenvalue weighted by atomic mass is 9.95. The topological polar surface area (TPSA) is 96.0 Å².